The Morgan fingerprint density at radius 1 is 1.22 bits per heavy atom. The molecule has 0 unspecified atom stereocenters. The zero-order valence-corrected chi connectivity index (χ0v) is 14.5. The van der Waals surface area contributed by atoms with Crippen molar-refractivity contribution in [3.8, 4) is 0 Å². The summed E-state index contributed by atoms with van der Waals surface area (Å²) in [4.78, 5) is 5.12. The van der Waals surface area contributed by atoms with Crippen LogP contribution in [0.15, 0.2) is 23.0 Å². The molecule has 0 N–H and O–H groups in total. The average molecular weight is 322 g/mol. The lowest BCUT2D eigenvalue weighted by atomic mass is 9.71. The molecule has 2 aliphatic rings. The van der Waals surface area contributed by atoms with Gasteiger partial charge < -0.3 is 18.8 Å². The van der Waals surface area contributed by atoms with Crippen LogP contribution in [0.5, 0.6) is 0 Å². The highest BCUT2D eigenvalue weighted by atomic mass is 16.5. The monoisotopic (exact) mass is 322 g/mol. The van der Waals surface area contributed by atoms with Crippen LogP contribution in [0.3, 0.4) is 0 Å². The first kappa shape index (κ1) is 17.0. The van der Waals surface area contributed by atoms with Gasteiger partial charge in [0.15, 0.2) is 0 Å². The predicted molar refractivity (Wildman–Crippen MR) is 89.3 cm³/mol. The van der Waals surface area contributed by atoms with Gasteiger partial charge in [0.2, 0.25) is 0 Å². The van der Waals surface area contributed by atoms with Gasteiger partial charge in [0.25, 0.3) is 0 Å². The van der Waals surface area contributed by atoms with Gasteiger partial charge in [-0.15, -0.1) is 0 Å². The molecule has 3 heterocycles. The third kappa shape index (κ3) is 3.97. The Morgan fingerprint density at radius 3 is 2.70 bits per heavy atom. The Labute approximate surface area is 139 Å². The molecule has 0 radical (unpaired) electrons. The van der Waals surface area contributed by atoms with Gasteiger partial charge in [-0.2, -0.15) is 0 Å². The van der Waals surface area contributed by atoms with E-state index < -0.39 is 0 Å². The minimum Gasteiger partial charge on any atom is -0.472 e. The quantitative estimate of drug-likeness (QED) is 0.768. The lowest BCUT2D eigenvalue weighted by molar-refractivity contribution is 0.0348. The SMILES string of the molecule is COCCN1C[C@@H](COC)C2(CCN(Cc3ccoc3)CC2)C1. The van der Waals surface area contributed by atoms with Gasteiger partial charge >= 0.3 is 0 Å². The number of hydrogen-bond acceptors (Lipinski definition) is 5. The summed E-state index contributed by atoms with van der Waals surface area (Å²) in [5, 5.41) is 0. The normalized spacial score (nSPS) is 25.4. The van der Waals surface area contributed by atoms with Gasteiger partial charge in [-0.3, -0.25) is 4.90 Å². The summed E-state index contributed by atoms with van der Waals surface area (Å²) >= 11 is 0. The van der Waals surface area contributed by atoms with Gasteiger partial charge in [0, 0.05) is 51.9 Å². The summed E-state index contributed by atoms with van der Waals surface area (Å²) < 4.78 is 16.0. The fourth-order valence-corrected chi connectivity index (χ4v) is 4.33. The molecule has 5 heteroatoms. The molecule has 0 saturated carbocycles. The van der Waals surface area contributed by atoms with E-state index in [4.69, 9.17) is 13.9 Å². The summed E-state index contributed by atoms with van der Waals surface area (Å²) in [5.41, 5.74) is 1.71. The topological polar surface area (TPSA) is 38.1 Å². The molecule has 0 amide bonds. The molecule has 0 aromatic carbocycles. The Balaban J connectivity index is 1.57. The van der Waals surface area contributed by atoms with Crippen LogP contribution in [-0.2, 0) is 16.0 Å². The summed E-state index contributed by atoms with van der Waals surface area (Å²) in [5.74, 6) is 0.653. The fraction of sp³-hybridized carbons (Fsp3) is 0.778. The molecule has 5 nitrogen and oxygen atoms in total. The minimum atomic E-state index is 0.427. The highest BCUT2D eigenvalue weighted by molar-refractivity contribution is 5.06. The molecule has 1 spiro atoms. The van der Waals surface area contributed by atoms with Crippen molar-refractivity contribution in [2.75, 3.05) is 60.2 Å². The number of hydrogen-bond donors (Lipinski definition) is 0. The lowest BCUT2D eigenvalue weighted by Crippen LogP contribution is -2.45. The van der Waals surface area contributed by atoms with Crippen molar-refractivity contribution in [2.45, 2.75) is 19.4 Å². The number of likely N-dealkylation sites (tertiary alicyclic amines) is 2. The second kappa shape index (κ2) is 7.79. The Kier molecular flexibility index (Phi) is 5.75. The van der Waals surface area contributed by atoms with Crippen molar-refractivity contribution in [2.24, 2.45) is 11.3 Å². The van der Waals surface area contributed by atoms with Gasteiger partial charge in [0.1, 0.15) is 0 Å². The van der Waals surface area contributed by atoms with Gasteiger partial charge in [-0.25, -0.2) is 0 Å². The largest absolute Gasteiger partial charge is 0.472 e. The van der Waals surface area contributed by atoms with Gasteiger partial charge in [-0.05, 0) is 37.4 Å². The van der Waals surface area contributed by atoms with Crippen LogP contribution >= 0.6 is 0 Å². The van der Waals surface area contributed by atoms with Crippen molar-refractivity contribution in [3.63, 3.8) is 0 Å². The number of rotatable bonds is 7. The first-order valence-electron chi connectivity index (χ1n) is 8.69. The minimum absolute atomic E-state index is 0.427. The maximum absolute atomic E-state index is 5.53. The Hall–Kier alpha value is -0.880. The molecule has 0 aliphatic carbocycles. The van der Waals surface area contributed by atoms with Crippen molar-refractivity contribution < 1.29 is 13.9 Å². The van der Waals surface area contributed by atoms with Crippen LogP contribution in [-0.4, -0.2) is 70.0 Å². The predicted octanol–water partition coefficient (Wildman–Crippen LogP) is 2.09. The molecule has 2 fully saturated rings. The maximum atomic E-state index is 5.53. The average Bonchev–Trinajstić information content (AvgIpc) is 3.17. The van der Waals surface area contributed by atoms with Crippen molar-refractivity contribution in [1.29, 1.82) is 0 Å². The highest BCUT2D eigenvalue weighted by Crippen LogP contribution is 2.44. The van der Waals surface area contributed by atoms with E-state index in [9.17, 15) is 0 Å². The van der Waals surface area contributed by atoms with E-state index >= 15 is 0 Å². The molecule has 130 valence electrons. The number of piperidine rings is 1. The van der Waals surface area contributed by atoms with Crippen LogP contribution in [0.1, 0.15) is 18.4 Å². The molecular formula is C18H30N2O3. The zero-order valence-electron chi connectivity index (χ0n) is 14.5. The molecule has 0 bridgehead atoms. The van der Waals surface area contributed by atoms with Crippen LogP contribution in [0.2, 0.25) is 0 Å². The molecule has 2 aliphatic heterocycles. The Morgan fingerprint density at radius 2 is 2.04 bits per heavy atom. The standard InChI is InChI=1S/C18H30N2O3/c1-21-10-8-20-12-17(14-22-2)18(15-20)4-6-19(7-5-18)11-16-3-9-23-13-16/h3,9,13,17H,4-8,10-12,14-15H2,1-2H3/t17-/m0/s1. The maximum Gasteiger partial charge on any atom is 0.0947 e. The second-order valence-electron chi connectivity index (χ2n) is 7.15. The first-order valence-corrected chi connectivity index (χ1v) is 8.69. The van der Waals surface area contributed by atoms with Crippen LogP contribution < -0.4 is 0 Å². The molecule has 1 aromatic rings. The lowest BCUT2D eigenvalue weighted by Gasteiger charge is -2.42. The second-order valence-corrected chi connectivity index (χ2v) is 7.15. The van der Waals surface area contributed by atoms with Gasteiger partial charge in [0.05, 0.1) is 25.7 Å². The third-order valence-corrected chi connectivity index (χ3v) is 5.70. The third-order valence-electron chi connectivity index (χ3n) is 5.70. The van der Waals surface area contributed by atoms with E-state index in [0.29, 0.717) is 11.3 Å². The molecule has 23 heavy (non-hydrogen) atoms. The van der Waals surface area contributed by atoms with Crippen LogP contribution in [0.4, 0.5) is 0 Å². The van der Waals surface area contributed by atoms with E-state index in [1.807, 2.05) is 13.4 Å². The number of ether oxygens (including phenoxy) is 2. The van der Waals surface area contributed by atoms with E-state index in [2.05, 4.69) is 15.9 Å². The molecular weight excluding hydrogens is 292 g/mol. The zero-order chi connectivity index (χ0) is 16.1. The van der Waals surface area contributed by atoms with Crippen molar-refractivity contribution >= 4 is 0 Å². The summed E-state index contributed by atoms with van der Waals surface area (Å²) in [6.07, 6.45) is 6.16. The van der Waals surface area contributed by atoms with Gasteiger partial charge in [-0.1, -0.05) is 0 Å². The van der Waals surface area contributed by atoms with E-state index in [1.54, 1.807) is 13.4 Å². The van der Waals surface area contributed by atoms with E-state index in [1.165, 1.54) is 38.0 Å². The molecule has 1 aromatic heterocycles. The smallest absolute Gasteiger partial charge is 0.0947 e. The molecule has 3 rings (SSSR count). The van der Waals surface area contributed by atoms with Crippen molar-refractivity contribution in [3.05, 3.63) is 24.2 Å². The number of furan rings is 1. The summed E-state index contributed by atoms with van der Waals surface area (Å²) in [6, 6.07) is 2.07. The summed E-state index contributed by atoms with van der Waals surface area (Å²) in [6.45, 7) is 8.44. The fourth-order valence-electron chi connectivity index (χ4n) is 4.33. The molecule has 1 atom stereocenters. The Bertz CT molecular complexity index is 455. The first-order chi connectivity index (χ1) is 11.3. The summed E-state index contributed by atoms with van der Waals surface area (Å²) in [7, 11) is 3.62. The van der Waals surface area contributed by atoms with Crippen LogP contribution in [0.25, 0.3) is 0 Å². The van der Waals surface area contributed by atoms with E-state index in [-0.39, 0.29) is 0 Å². The number of methoxy groups -OCH3 is 2. The van der Waals surface area contributed by atoms with E-state index in [0.717, 1.165) is 32.8 Å². The molecule has 2 saturated heterocycles. The number of nitrogens with zero attached hydrogens (tertiary/aromatic N) is 2. The highest BCUT2D eigenvalue weighted by Gasteiger charge is 2.47. The van der Waals surface area contributed by atoms with Crippen LogP contribution in [0, 0.1) is 11.3 Å². The van der Waals surface area contributed by atoms with Crippen molar-refractivity contribution in [1.82, 2.24) is 9.80 Å².